The summed E-state index contributed by atoms with van der Waals surface area (Å²) in [6.07, 6.45) is 7.60. The maximum atomic E-state index is 6.47. The van der Waals surface area contributed by atoms with Crippen molar-refractivity contribution in [1.29, 1.82) is 0 Å². The Morgan fingerprint density at radius 3 is 2.65 bits per heavy atom. The van der Waals surface area contributed by atoms with Gasteiger partial charge in [0.15, 0.2) is 0 Å². The van der Waals surface area contributed by atoms with E-state index in [1.807, 2.05) is 0 Å². The van der Waals surface area contributed by atoms with Crippen molar-refractivity contribution in [2.45, 2.75) is 78.4 Å². The molecule has 1 aliphatic carbocycles. The van der Waals surface area contributed by atoms with Crippen molar-refractivity contribution in [2.24, 2.45) is 5.92 Å². The Morgan fingerprint density at radius 2 is 2.00 bits per heavy atom. The number of hydrogen-bond acceptors (Lipinski definition) is 2. The van der Waals surface area contributed by atoms with E-state index in [0.717, 1.165) is 41.8 Å². The molecule has 2 atom stereocenters. The topological polar surface area (TPSA) is 29.9 Å². The molecule has 1 heterocycles. The van der Waals surface area contributed by atoms with Crippen LogP contribution in [0.1, 0.15) is 64.3 Å². The molecule has 0 bridgehead atoms. The van der Waals surface area contributed by atoms with Crippen LogP contribution in [0.4, 0.5) is 0 Å². The van der Waals surface area contributed by atoms with Gasteiger partial charge < -0.3 is 5.32 Å². The molecule has 3 nitrogen and oxygen atoms in total. The lowest BCUT2D eigenvalue weighted by atomic mass is 9.83. The summed E-state index contributed by atoms with van der Waals surface area (Å²) < 4.78 is 2.05. The van der Waals surface area contributed by atoms with E-state index in [1.54, 1.807) is 0 Å². The number of hydrogen-bond donors (Lipinski definition) is 1. The fourth-order valence-corrected chi connectivity index (χ4v) is 3.71. The second kappa shape index (κ2) is 7.46. The summed E-state index contributed by atoms with van der Waals surface area (Å²) in [6.45, 7) is 8.28. The number of rotatable bonds is 6. The maximum Gasteiger partial charge on any atom is 0.0863 e. The van der Waals surface area contributed by atoms with Gasteiger partial charge in [0.25, 0.3) is 0 Å². The van der Waals surface area contributed by atoms with Crippen LogP contribution in [0.25, 0.3) is 0 Å². The summed E-state index contributed by atoms with van der Waals surface area (Å²) in [6, 6.07) is 0.648. The first-order chi connectivity index (χ1) is 9.71. The SMILES string of the molecule is CCc1nn(CC)c(CNC2CCCCC2CC)c1Cl. The number of nitrogens with one attached hydrogen (secondary N) is 1. The quantitative estimate of drug-likeness (QED) is 0.854. The highest BCUT2D eigenvalue weighted by atomic mass is 35.5. The van der Waals surface area contributed by atoms with Gasteiger partial charge in [0.05, 0.1) is 16.4 Å². The van der Waals surface area contributed by atoms with Crippen molar-refractivity contribution < 1.29 is 0 Å². The van der Waals surface area contributed by atoms with Crippen molar-refractivity contribution in [2.75, 3.05) is 0 Å². The zero-order chi connectivity index (χ0) is 14.5. The Hall–Kier alpha value is -0.540. The molecule has 0 amide bonds. The van der Waals surface area contributed by atoms with Crippen LogP contribution < -0.4 is 5.32 Å². The minimum absolute atomic E-state index is 0.648. The van der Waals surface area contributed by atoms with E-state index in [0.29, 0.717) is 6.04 Å². The predicted molar refractivity (Wildman–Crippen MR) is 85.2 cm³/mol. The first kappa shape index (κ1) is 15.8. The van der Waals surface area contributed by atoms with Gasteiger partial charge in [-0.3, -0.25) is 4.68 Å². The Labute approximate surface area is 128 Å². The average Bonchev–Trinajstić information content (AvgIpc) is 2.81. The van der Waals surface area contributed by atoms with Crippen molar-refractivity contribution in [1.82, 2.24) is 15.1 Å². The van der Waals surface area contributed by atoms with E-state index in [2.05, 4.69) is 35.9 Å². The smallest absolute Gasteiger partial charge is 0.0863 e. The van der Waals surface area contributed by atoms with E-state index in [4.69, 9.17) is 11.6 Å². The Morgan fingerprint density at radius 1 is 1.25 bits per heavy atom. The third-order valence-electron chi connectivity index (χ3n) is 4.66. The minimum Gasteiger partial charge on any atom is -0.308 e. The van der Waals surface area contributed by atoms with Crippen LogP contribution in [0.15, 0.2) is 0 Å². The Kier molecular flexibility index (Phi) is 5.91. The fourth-order valence-electron chi connectivity index (χ4n) is 3.38. The van der Waals surface area contributed by atoms with Crippen LogP contribution in [0.3, 0.4) is 0 Å². The molecule has 0 radical (unpaired) electrons. The lowest BCUT2D eigenvalue weighted by Gasteiger charge is -2.31. The monoisotopic (exact) mass is 297 g/mol. The lowest BCUT2D eigenvalue weighted by Crippen LogP contribution is -2.38. The molecule has 1 saturated carbocycles. The summed E-state index contributed by atoms with van der Waals surface area (Å²) in [7, 11) is 0. The summed E-state index contributed by atoms with van der Waals surface area (Å²) in [4.78, 5) is 0. The molecule has 1 aromatic heterocycles. The van der Waals surface area contributed by atoms with E-state index in [9.17, 15) is 0 Å². The van der Waals surface area contributed by atoms with Gasteiger partial charge >= 0.3 is 0 Å². The van der Waals surface area contributed by atoms with Crippen molar-refractivity contribution >= 4 is 11.6 Å². The molecule has 114 valence electrons. The molecule has 1 aromatic rings. The molecule has 2 rings (SSSR count). The van der Waals surface area contributed by atoms with Gasteiger partial charge in [-0.1, -0.05) is 44.7 Å². The van der Waals surface area contributed by atoms with Gasteiger partial charge in [0.1, 0.15) is 0 Å². The van der Waals surface area contributed by atoms with Gasteiger partial charge in [0.2, 0.25) is 0 Å². The van der Waals surface area contributed by atoms with Gasteiger partial charge in [-0.15, -0.1) is 0 Å². The summed E-state index contributed by atoms with van der Waals surface area (Å²) in [5, 5.41) is 9.21. The lowest BCUT2D eigenvalue weighted by molar-refractivity contribution is 0.252. The molecule has 2 unspecified atom stereocenters. The largest absolute Gasteiger partial charge is 0.308 e. The zero-order valence-corrected chi connectivity index (χ0v) is 13.8. The van der Waals surface area contributed by atoms with Crippen LogP contribution in [-0.2, 0) is 19.5 Å². The third-order valence-corrected chi connectivity index (χ3v) is 5.10. The van der Waals surface area contributed by atoms with Gasteiger partial charge in [-0.25, -0.2) is 0 Å². The van der Waals surface area contributed by atoms with Gasteiger partial charge in [-0.05, 0) is 32.1 Å². The molecular formula is C16H28ClN3. The molecule has 0 spiro atoms. The Bertz CT molecular complexity index is 428. The van der Waals surface area contributed by atoms with Crippen LogP contribution in [0.5, 0.6) is 0 Å². The standard InChI is InChI=1S/C16H28ClN3/c1-4-12-9-7-8-10-14(12)18-11-15-16(17)13(5-2)19-20(15)6-3/h12,14,18H,4-11H2,1-3H3. The molecule has 0 saturated heterocycles. The summed E-state index contributed by atoms with van der Waals surface area (Å²) >= 11 is 6.47. The normalized spacial score (nSPS) is 23.2. The predicted octanol–water partition coefficient (Wildman–Crippen LogP) is 4.18. The van der Waals surface area contributed by atoms with Crippen LogP contribution >= 0.6 is 11.6 Å². The van der Waals surface area contributed by atoms with Crippen LogP contribution in [0, 0.1) is 5.92 Å². The zero-order valence-electron chi connectivity index (χ0n) is 13.1. The number of nitrogens with zero attached hydrogens (tertiary/aromatic N) is 2. The Balaban J connectivity index is 2.04. The summed E-state index contributed by atoms with van der Waals surface area (Å²) in [5.74, 6) is 0.825. The highest BCUT2D eigenvalue weighted by Crippen LogP contribution is 2.28. The van der Waals surface area contributed by atoms with E-state index < -0.39 is 0 Å². The molecule has 20 heavy (non-hydrogen) atoms. The van der Waals surface area contributed by atoms with E-state index in [1.165, 1.54) is 32.1 Å². The molecule has 0 aromatic carbocycles. The van der Waals surface area contributed by atoms with Crippen molar-refractivity contribution in [3.63, 3.8) is 0 Å². The van der Waals surface area contributed by atoms with Gasteiger partial charge in [0, 0.05) is 19.1 Å². The molecule has 1 N–H and O–H groups in total. The molecule has 1 aliphatic rings. The van der Waals surface area contributed by atoms with Crippen molar-refractivity contribution in [3.8, 4) is 0 Å². The van der Waals surface area contributed by atoms with Gasteiger partial charge in [-0.2, -0.15) is 5.10 Å². The van der Waals surface area contributed by atoms with E-state index >= 15 is 0 Å². The first-order valence-corrected chi connectivity index (χ1v) is 8.56. The first-order valence-electron chi connectivity index (χ1n) is 8.18. The van der Waals surface area contributed by atoms with E-state index in [-0.39, 0.29) is 0 Å². The highest BCUT2D eigenvalue weighted by molar-refractivity contribution is 6.31. The highest BCUT2D eigenvalue weighted by Gasteiger charge is 2.24. The maximum absolute atomic E-state index is 6.47. The fraction of sp³-hybridized carbons (Fsp3) is 0.812. The average molecular weight is 298 g/mol. The molecule has 4 heteroatoms. The minimum atomic E-state index is 0.648. The second-order valence-corrected chi connectivity index (χ2v) is 6.19. The van der Waals surface area contributed by atoms with Crippen molar-refractivity contribution in [3.05, 3.63) is 16.4 Å². The summed E-state index contributed by atoms with van der Waals surface area (Å²) in [5.41, 5.74) is 2.19. The second-order valence-electron chi connectivity index (χ2n) is 5.82. The molecule has 0 aliphatic heterocycles. The molecular weight excluding hydrogens is 270 g/mol. The number of aryl methyl sites for hydroxylation is 2. The number of halogens is 1. The third kappa shape index (κ3) is 3.37. The van der Waals surface area contributed by atoms with Crippen LogP contribution in [-0.4, -0.2) is 15.8 Å². The van der Waals surface area contributed by atoms with Crippen LogP contribution in [0.2, 0.25) is 5.02 Å². The number of aromatic nitrogens is 2. The molecule has 1 fully saturated rings.